The summed E-state index contributed by atoms with van der Waals surface area (Å²) in [5.41, 5.74) is 1.39. The maximum absolute atomic E-state index is 13.3. The summed E-state index contributed by atoms with van der Waals surface area (Å²) in [6.07, 6.45) is -1.13. The van der Waals surface area contributed by atoms with Crippen molar-refractivity contribution < 1.29 is 27.5 Å². The molecule has 1 N–H and O–H groups in total. The minimum absolute atomic E-state index is 0.105. The second kappa shape index (κ2) is 10.4. The second-order valence-electron chi connectivity index (χ2n) is 7.75. The highest BCUT2D eigenvalue weighted by molar-refractivity contribution is 7.92. The maximum Gasteiger partial charge on any atom is 0.339 e. The van der Waals surface area contributed by atoms with Crippen molar-refractivity contribution in [3.05, 3.63) is 88.9 Å². The van der Waals surface area contributed by atoms with E-state index in [1.807, 2.05) is 6.07 Å². The average molecular weight is 515 g/mol. The molecule has 0 saturated heterocycles. The van der Waals surface area contributed by atoms with Crippen LogP contribution in [0.15, 0.2) is 72.8 Å². The molecule has 0 radical (unpaired) electrons. The molecular weight excluding hydrogens is 492 g/mol. The molecule has 0 bridgehead atoms. The van der Waals surface area contributed by atoms with Crippen molar-refractivity contribution in [3.8, 4) is 5.75 Å². The van der Waals surface area contributed by atoms with E-state index in [9.17, 15) is 18.0 Å². The lowest BCUT2D eigenvalue weighted by Crippen LogP contribution is -2.49. The van der Waals surface area contributed by atoms with Crippen LogP contribution >= 0.6 is 11.6 Å². The molecule has 182 valence electrons. The zero-order chi connectivity index (χ0) is 25.0. The Bertz CT molecular complexity index is 1350. The fourth-order valence-electron chi connectivity index (χ4n) is 3.66. The summed E-state index contributed by atoms with van der Waals surface area (Å²) in [7, 11) is -3.82. The van der Waals surface area contributed by atoms with Crippen LogP contribution in [0.3, 0.4) is 0 Å². The van der Waals surface area contributed by atoms with Crippen molar-refractivity contribution in [2.24, 2.45) is 0 Å². The van der Waals surface area contributed by atoms with E-state index in [-0.39, 0.29) is 35.2 Å². The Morgan fingerprint density at radius 1 is 1.09 bits per heavy atom. The van der Waals surface area contributed by atoms with Crippen molar-refractivity contribution >= 4 is 44.9 Å². The van der Waals surface area contributed by atoms with Gasteiger partial charge in [0.05, 0.1) is 35.2 Å². The molecule has 10 heteroatoms. The molecule has 4 rings (SSSR count). The number of carbonyl (C=O) groups is 2. The van der Waals surface area contributed by atoms with E-state index in [2.05, 4.69) is 5.32 Å². The number of amides is 1. The van der Waals surface area contributed by atoms with Crippen molar-refractivity contribution in [2.45, 2.75) is 18.8 Å². The van der Waals surface area contributed by atoms with Gasteiger partial charge in [-0.2, -0.15) is 0 Å². The number of para-hydroxylation sites is 2. The summed E-state index contributed by atoms with van der Waals surface area (Å²) in [5, 5.41) is 2.86. The van der Waals surface area contributed by atoms with Crippen LogP contribution in [-0.4, -0.2) is 39.5 Å². The normalized spacial score (nSPS) is 15.0. The first-order valence-corrected chi connectivity index (χ1v) is 12.8. The lowest BCUT2D eigenvalue weighted by atomic mass is 10.2. The number of esters is 1. The van der Waals surface area contributed by atoms with E-state index in [1.165, 1.54) is 22.5 Å². The average Bonchev–Trinajstić information content (AvgIpc) is 2.85. The van der Waals surface area contributed by atoms with Gasteiger partial charge in [0.25, 0.3) is 5.91 Å². The van der Waals surface area contributed by atoms with Crippen LogP contribution in [0, 0.1) is 0 Å². The van der Waals surface area contributed by atoms with Gasteiger partial charge in [-0.1, -0.05) is 54.1 Å². The molecule has 1 aliphatic rings. The summed E-state index contributed by atoms with van der Waals surface area (Å²) in [6, 6.07) is 19.9. The number of fused-ring (bicyclic) bond motifs is 1. The first-order valence-electron chi connectivity index (χ1n) is 10.9. The third kappa shape index (κ3) is 5.58. The molecule has 0 aromatic heterocycles. The van der Waals surface area contributed by atoms with Gasteiger partial charge in [0, 0.05) is 5.69 Å². The zero-order valence-corrected chi connectivity index (χ0v) is 20.4. The Morgan fingerprint density at radius 2 is 1.80 bits per heavy atom. The highest BCUT2D eigenvalue weighted by Crippen LogP contribution is 2.36. The Morgan fingerprint density at radius 3 is 2.54 bits per heavy atom. The molecule has 0 saturated carbocycles. The van der Waals surface area contributed by atoms with Gasteiger partial charge in [0.15, 0.2) is 6.10 Å². The van der Waals surface area contributed by atoms with Gasteiger partial charge in [0.2, 0.25) is 10.0 Å². The summed E-state index contributed by atoms with van der Waals surface area (Å²) in [4.78, 5) is 25.2. The molecule has 0 aliphatic carbocycles. The molecule has 0 spiro atoms. The summed E-state index contributed by atoms with van der Waals surface area (Å²) in [5.74, 6) is -1.14. The van der Waals surface area contributed by atoms with Crippen LogP contribution in [0.5, 0.6) is 5.75 Å². The van der Waals surface area contributed by atoms with E-state index in [0.29, 0.717) is 16.9 Å². The highest BCUT2D eigenvalue weighted by atomic mass is 35.5. The number of rotatable bonds is 7. The van der Waals surface area contributed by atoms with E-state index in [4.69, 9.17) is 21.1 Å². The highest BCUT2D eigenvalue weighted by Gasteiger charge is 2.36. The second-order valence-corrected chi connectivity index (χ2v) is 10.1. The minimum Gasteiger partial charge on any atom is -0.476 e. The van der Waals surface area contributed by atoms with Gasteiger partial charge in [-0.3, -0.25) is 9.10 Å². The van der Waals surface area contributed by atoms with Gasteiger partial charge in [-0.05, 0) is 42.8 Å². The first-order chi connectivity index (χ1) is 16.8. The summed E-state index contributed by atoms with van der Waals surface area (Å²) >= 11 is 6.09. The van der Waals surface area contributed by atoms with Crippen molar-refractivity contribution in [1.29, 1.82) is 0 Å². The number of ether oxygens (including phenoxy) is 2. The molecule has 3 aromatic rings. The Kier molecular flexibility index (Phi) is 7.28. The van der Waals surface area contributed by atoms with Crippen LogP contribution in [-0.2, 0) is 25.3 Å². The van der Waals surface area contributed by atoms with Crippen molar-refractivity contribution in [2.75, 3.05) is 22.8 Å². The van der Waals surface area contributed by atoms with Crippen LogP contribution < -0.4 is 14.4 Å². The Balaban J connectivity index is 1.58. The number of carbonyl (C=O) groups excluding carboxylic acids is 2. The van der Waals surface area contributed by atoms with Gasteiger partial charge >= 0.3 is 5.97 Å². The zero-order valence-electron chi connectivity index (χ0n) is 18.8. The van der Waals surface area contributed by atoms with E-state index in [0.717, 1.165) is 0 Å². The van der Waals surface area contributed by atoms with Gasteiger partial charge < -0.3 is 14.8 Å². The number of benzene rings is 3. The number of nitrogens with zero attached hydrogens (tertiary/aromatic N) is 1. The number of nitrogens with one attached hydrogen (secondary N) is 1. The topological polar surface area (TPSA) is 102 Å². The molecule has 35 heavy (non-hydrogen) atoms. The van der Waals surface area contributed by atoms with Gasteiger partial charge in [-0.15, -0.1) is 0 Å². The largest absolute Gasteiger partial charge is 0.476 e. The molecule has 1 aliphatic heterocycles. The predicted octanol–water partition coefficient (Wildman–Crippen LogP) is 4.25. The summed E-state index contributed by atoms with van der Waals surface area (Å²) < 4.78 is 38.7. The van der Waals surface area contributed by atoms with Crippen molar-refractivity contribution in [1.82, 2.24) is 0 Å². The molecule has 1 heterocycles. The van der Waals surface area contributed by atoms with Crippen LogP contribution in [0.25, 0.3) is 0 Å². The SMILES string of the molecule is CCOC(=O)c1cc(NC(=O)[C@H]2CN(S(=O)(=O)Cc3ccccc3)c3ccccc3O2)ccc1Cl. The van der Waals surface area contributed by atoms with E-state index >= 15 is 0 Å². The Hall–Kier alpha value is -3.56. The molecule has 3 aromatic carbocycles. The molecular formula is C25H23ClN2O6S. The third-order valence-electron chi connectivity index (χ3n) is 5.28. The van der Waals surface area contributed by atoms with Gasteiger partial charge in [0.1, 0.15) is 5.75 Å². The quantitative estimate of drug-likeness (QED) is 0.473. The fourth-order valence-corrected chi connectivity index (χ4v) is 5.43. The lowest BCUT2D eigenvalue weighted by molar-refractivity contribution is -0.122. The standard InChI is InChI=1S/C25H23ClN2O6S/c1-2-33-25(30)19-14-18(12-13-20(19)26)27-24(29)23-15-28(21-10-6-7-11-22(21)34-23)35(31,32)16-17-8-4-3-5-9-17/h3-14,23H,2,15-16H2,1H3,(H,27,29)/t23-/m1/s1. The van der Waals surface area contributed by atoms with Crippen molar-refractivity contribution in [3.63, 3.8) is 0 Å². The predicted molar refractivity (Wildman–Crippen MR) is 133 cm³/mol. The minimum atomic E-state index is -3.82. The summed E-state index contributed by atoms with van der Waals surface area (Å²) in [6.45, 7) is 1.64. The number of sulfonamides is 1. The number of hydrogen-bond acceptors (Lipinski definition) is 6. The third-order valence-corrected chi connectivity index (χ3v) is 7.33. The van der Waals surface area contributed by atoms with Crippen LogP contribution in [0.1, 0.15) is 22.8 Å². The fraction of sp³-hybridized carbons (Fsp3) is 0.200. The maximum atomic E-state index is 13.3. The van der Waals surface area contributed by atoms with E-state index < -0.39 is 28.0 Å². The first kappa shape index (κ1) is 24.6. The smallest absolute Gasteiger partial charge is 0.339 e. The molecule has 1 amide bonds. The van der Waals surface area contributed by atoms with Gasteiger partial charge in [-0.25, -0.2) is 13.2 Å². The van der Waals surface area contributed by atoms with E-state index in [1.54, 1.807) is 55.5 Å². The van der Waals surface area contributed by atoms with Crippen LogP contribution in [0.2, 0.25) is 5.02 Å². The van der Waals surface area contributed by atoms with Crippen LogP contribution in [0.4, 0.5) is 11.4 Å². The molecule has 0 fully saturated rings. The molecule has 1 atom stereocenters. The lowest BCUT2D eigenvalue weighted by Gasteiger charge is -2.34. The number of halogens is 1. The number of hydrogen-bond donors (Lipinski definition) is 1. The Labute approximate surface area is 208 Å². The monoisotopic (exact) mass is 514 g/mol. The molecule has 8 nitrogen and oxygen atoms in total. The number of anilines is 2. The molecule has 0 unspecified atom stereocenters.